The van der Waals surface area contributed by atoms with Gasteiger partial charge in [0.1, 0.15) is 10.6 Å². The van der Waals surface area contributed by atoms with Crippen LogP contribution in [0, 0.1) is 0 Å². The highest BCUT2D eigenvalue weighted by Gasteiger charge is 2.38. The largest absolute Gasteiger partial charge is 0.495 e. The Bertz CT molecular complexity index is 1060. The second-order valence-corrected chi connectivity index (χ2v) is 8.29. The molecule has 0 radical (unpaired) electrons. The molecule has 6 heteroatoms. The maximum absolute atomic E-state index is 13.5. The number of carbonyl (C=O) groups excluding carboxylic acids is 2. The van der Waals surface area contributed by atoms with Crippen LogP contribution in [0.15, 0.2) is 66.0 Å². The summed E-state index contributed by atoms with van der Waals surface area (Å²) in [7, 11) is 1.58. The van der Waals surface area contributed by atoms with Crippen LogP contribution in [0.25, 0.3) is 0 Å². The second-order valence-electron chi connectivity index (χ2n) is 7.38. The van der Waals surface area contributed by atoms with Gasteiger partial charge in [-0.15, -0.1) is 11.3 Å². The standard InChI is InChI=1S/C24H24N2O3S/c1-16-15-21(26(17(2)27)18-9-5-4-6-10-18)19-11-7-8-12-20(19)25(16)24(28)23-22(29-3)13-14-30-23/h4-14,16,21H,15H2,1-3H3/t16-,21+/m1/s1. The summed E-state index contributed by atoms with van der Waals surface area (Å²) in [6.45, 7) is 3.62. The smallest absolute Gasteiger partial charge is 0.272 e. The number of para-hydroxylation sites is 2. The maximum Gasteiger partial charge on any atom is 0.272 e. The number of rotatable bonds is 4. The predicted octanol–water partition coefficient (Wildman–Crippen LogP) is 5.29. The number of nitrogens with zero attached hydrogens (tertiary/aromatic N) is 2. The van der Waals surface area contributed by atoms with Crippen LogP contribution in [0.4, 0.5) is 11.4 Å². The predicted molar refractivity (Wildman–Crippen MR) is 121 cm³/mol. The van der Waals surface area contributed by atoms with Crippen molar-refractivity contribution in [1.29, 1.82) is 0 Å². The van der Waals surface area contributed by atoms with Crippen LogP contribution in [0.1, 0.15) is 41.5 Å². The van der Waals surface area contributed by atoms with Crippen LogP contribution in [0.2, 0.25) is 0 Å². The van der Waals surface area contributed by atoms with Crippen molar-refractivity contribution in [2.24, 2.45) is 0 Å². The molecule has 1 aromatic heterocycles. The average molecular weight is 421 g/mol. The van der Waals surface area contributed by atoms with Gasteiger partial charge in [-0.25, -0.2) is 0 Å². The Morgan fingerprint density at radius 1 is 1.07 bits per heavy atom. The lowest BCUT2D eigenvalue weighted by Gasteiger charge is -2.43. The molecule has 0 N–H and O–H groups in total. The van der Waals surface area contributed by atoms with E-state index < -0.39 is 0 Å². The summed E-state index contributed by atoms with van der Waals surface area (Å²) in [6, 6.07) is 19.1. The Morgan fingerprint density at radius 2 is 1.77 bits per heavy atom. The van der Waals surface area contributed by atoms with Crippen molar-refractivity contribution in [3.8, 4) is 5.75 Å². The number of carbonyl (C=O) groups is 2. The van der Waals surface area contributed by atoms with Gasteiger partial charge in [0.2, 0.25) is 5.91 Å². The van der Waals surface area contributed by atoms with Crippen molar-refractivity contribution in [3.05, 3.63) is 76.5 Å². The first-order chi connectivity index (χ1) is 14.5. The van der Waals surface area contributed by atoms with Gasteiger partial charge in [0, 0.05) is 24.3 Å². The van der Waals surface area contributed by atoms with Crippen LogP contribution in [-0.4, -0.2) is 25.0 Å². The summed E-state index contributed by atoms with van der Waals surface area (Å²) < 4.78 is 5.38. The number of amides is 2. The highest BCUT2D eigenvalue weighted by Crippen LogP contribution is 2.43. The van der Waals surface area contributed by atoms with Crippen molar-refractivity contribution >= 4 is 34.5 Å². The van der Waals surface area contributed by atoms with Crippen LogP contribution in [-0.2, 0) is 4.79 Å². The van der Waals surface area contributed by atoms with Crippen LogP contribution < -0.4 is 14.5 Å². The summed E-state index contributed by atoms with van der Waals surface area (Å²) >= 11 is 1.38. The molecular weight excluding hydrogens is 396 g/mol. The summed E-state index contributed by atoms with van der Waals surface area (Å²) in [6.07, 6.45) is 0.644. The van der Waals surface area contributed by atoms with Crippen molar-refractivity contribution in [2.45, 2.75) is 32.4 Å². The topological polar surface area (TPSA) is 49.9 Å². The molecule has 1 aliphatic rings. The van der Waals surface area contributed by atoms with E-state index in [1.807, 2.05) is 82.8 Å². The fraction of sp³-hybridized carbons (Fsp3) is 0.250. The molecule has 2 heterocycles. The highest BCUT2D eigenvalue weighted by molar-refractivity contribution is 7.12. The summed E-state index contributed by atoms with van der Waals surface area (Å²) in [4.78, 5) is 30.4. The Hall–Kier alpha value is -3.12. The zero-order valence-corrected chi connectivity index (χ0v) is 18.1. The second kappa shape index (κ2) is 8.32. The summed E-state index contributed by atoms with van der Waals surface area (Å²) in [5.41, 5.74) is 2.67. The third-order valence-corrected chi connectivity index (χ3v) is 6.39. The van der Waals surface area contributed by atoms with Gasteiger partial charge in [-0.2, -0.15) is 0 Å². The molecule has 5 nitrogen and oxygen atoms in total. The first-order valence-corrected chi connectivity index (χ1v) is 10.8. The normalized spacial score (nSPS) is 17.9. The zero-order valence-electron chi connectivity index (χ0n) is 17.2. The summed E-state index contributed by atoms with van der Waals surface area (Å²) in [5, 5.41) is 1.86. The highest BCUT2D eigenvalue weighted by atomic mass is 32.1. The van der Waals surface area contributed by atoms with E-state index in [1.54, 1.807) is 14.0 Å². The van der Waals surface area contributed by atoms with Gasteiger partial charge in [-0.3, -0.25) is 9.59 Å². The lowest BCUT2D eigenvalue weighted by atomic mass is 9.89. The van der Waals surface area contributed by atoms with Crippen LogP contribution >= 0.6 is 11.3 Å². The van der Waals surface area contributed by atoms with Crippen molar-refractivity contribution < 1.29 is 14.3 Å². The number of benzene rings is 2. The molecule has 154 valence electrons. The number of ether oxygens (including phenoxy) is 1. The Morgan fingerprint density at radius 3 is 2.47 bits per heavy atom. The zero-order chi connectivity index (χ0) is 21.3. The molecule has 0 aliphatic carbocycles. The van der Waals surface area contributed by atoms with Crippen LogP contribution in [0.3, 0.4) is 0 Å². The van der Waals surface area contributed by atoms with Gasteiger partial charge in [-0.05, 0) is 48.6 Å². The first kappa shape index (κ1) is 20.2. The number of hydrogen-bond acceptors (Lipinski definition) is 4. The van der Waals surface area contributed by atoms with E-state index in [-0.39, 0.29) is 23.9 Å². The molecule has 3 aromatic rings. The number of hydrogen-bond donors (Lipinski definition) is 0. The molecule has 0 bridgehead atoms. The van der Waals surface area contributed by atoms with Gasteiger partial charge < -0.3 is 14.5 Å². The van der Waals surface area contributed by atoms with E-state index in [0.29, 0.717) is 17.0 Å². The van der Waals surface area contributed by atoms with E-state index in [2.05, 4.69) is 0 Å². The fourth-order valence-corrected chi connectivity index (χ4v) is 5.02. The molecule has 0 fully saturated rings. The van der Waals surface area contributed by atoms with Gasteiger partial charge in [-0.1, -0.05) is 36.4 Å². The van der Waals surface area contributed by atoms with E-state index >= 15 is 0 Å². The molecule has 0 saturated carbocycles. The lowest BCUT2D eigenvalue weighted by molar-refractivity contribution is -0.117. The third-order valence-electron chi connectivity index (χ3n) is 5.51. The minimum atomic E-state index is -0.148. The van der Waals surface area contributed by atoms with Crippen LogP contribution in [0.5, 0.6) is 5.75 Å². The van der Waals surface area contributed by atoms with Gasteiger partial charge in [0.15, 0.2) is 0 Å². The van der Waals surface area contributed by atoms with Gasteiger partial charge in [0.25, 0.3) is 5.91 Å². The van der Waals surface area contributed by atoms with Crippen molar-refractivity contribution in [2.75, 3.05) is 16.9 Å². The number of fused-ring (bicyclic) bond motifs is 1. The number of thiophene rings is 1. The van der Waals surface area contributed by atoms with E-state index in [1.165, 1.54) is 11.3 Å². The molecule has 1 aliphatic heterocycles. The third kappa shape index (κ3) is 3.48. The minimum absolute atomic E-state index is 0.0205. The van der Waals surface area contributed by atoms with Gasteiger partial charge >= 0.3 is 0 Å². The van der Waals surface area contributed by atoms with Crippen molar-refractivity contribution in [3.63, 3.8) is 0 Å². The molecule has 0 unspecified atom stereocenters. The molecule has 2 amide bonds. The molecule has 4 rings (SSSR count). The van der Waals surface area contributed by atoms with E-state index in [4.69, 9.17) is 4.74 Å². The summed E-state index contributed by atoms with van der Waals surface area (Å²) in [5.74, 6) is 0.494. The molecule has 0 spiro atoms. The number of methoxy groups -OCH3 is 1. The molecule has 2 aromatic carbocycles. The molecule has 2 atom stereocenters. The molecule has 0 saturated heterocycles. The van der Waals surface area contributed by atoms with Crippen molar-refractivity contribution in [1.82, 2.24) is 0 Å². The maximum atomic E-state index is 13.5. The number of anilines is 2. The SMILES string of the molecule is COc1ccsc1C(=O)N1c2ccccc2[C@@H](N(C(C)=O)c2ccccc2)C[C@H]1C. The van der Waals surface area contributed by atoms with E-state index in [0.717, 1.165) is 16.9 Å². The molecular formula is C24H24N2O3S. The first-order valence-electron chi connectivity index (χ1n) is 9.91. The van der Waals surface area contributed by atoms with E-state index in [9.17, 15) is 9.59 Å². The Balaban J connectivity index is 1.79. The average Bonchev–Trinajstić information content (AvgIpc) is 3.23. The Kier molecular flexibility index (Phi) is 5.59. The lowest BCUT2D eigenvalue weighted by Crippen LogP contribution is -2.47. The molecule has 30 heavy (non-hydrogen) atoms. The van der Waals surface area contributed by atoms with Gasteiger partial charge in [0.05, 0.1) is 13.2 Å². The minimum Gasteiger partial charge on any atom is -0.495 e. The quantitative estimate of drug-likeness (QED) is 0.576. The monoisotopic (exact) mass is 420 g/mol. The Labute approximate surface area is 180 Å². The fourth-order valence-electron chi connectivity index (χ4n) is 4.23.